The number of aliphatic carboxylic acids is 1. The van der Waals surface area contributed by atoms with Gasteiger partial charge < -0.3 is 15.5 Å². The van der Waals surface area contributed by atoms with Gasteiger partial charge in [0.1, 0.15) is 11.8 Å². The molecular weight excluding hydrogens is 258 g/mol. The number of hydrogen-bond donors (Lipinski definition) is 3. The second kappa shape index (κ2) is 6.23. The molecule has 0 saturated heterocycles. The van der Waals surface area contributed by atoms with Crippen molar-refractivity contribution in [3.05, 3.63) is 42.0 Å². The van der Waals surface area contributed by atoms with E-state index in [2.05, 4.69) is 5.32 Å². The van der Waals surface area contributed by atoms with Crippen LogP contribution in [-0.2, 0) is 16.0 Å². The van der Waals surface area contributed by atoms with Crippen LogP contribution < -0.4 is 5.32 Å². The zero-order chi connectivity index (χ0) is 14.5. The lowest BCUT2D eigenvalue weighted by Gasteiger charge is -2.17. The van der Waals surface area contributed by atoms with Gasteiger partial charge in [-0.2, -0.15) is 0 Å². The largest absolute Gasteiger partial charge is 0.508 e. The summed E-state index contributed by atoms with van der Waals surface area (Å²) in [7, 11) is 0. The molecule has 1 aliphatic rings. The topological polar surface area (TPSA) is 86.6 Å². The summed E-state index contributed by atoms with van der Waals surface area (Å²) in [6.45, 7) is 0. The Morgan fingerprint density at radius 2 is 1.80 bits per heavy atom. The monoisotopic (exact) mass is 275 g/mol. The van der Waals surface area contributed by atoms with Crippen molar-refractivity contribution in [3.8, 4) is 5.75 Å². The van der Waals surface area contributed by atoms with Crippen LogP contribution in [-0.4, -0.2) is 28.1 Å². The third kappa shape index (κ3) is 3.60. The first-order valence-electron chi connectivity index (χ1n) is 6.52. The Morgan fingerprint density at radius 3 is 2.35 bits per heavy atom. The van der Waals surface area contributed by atoms with Gasteiger partial charge in [0.05, 0.1) is 0 Å². The van der Waals surface area contributed by atoms with E-state index >= 15 is 0 Å². The second-order valence-electron chi connectivity index (χ2n) is 4.91. The van der Waals surface area contributed by atoms with E-state index in [4.69, 9.17) is 0 Å². The Kier molecular flexibility index (Phi) is 4.40. The van der Waals surface area contributed by atoms with Crippen molar-refractivity contribution in [2.45, 2.75) is 25.3 Å². The van der Waals surface area contributed by atoms with Crippen molar-refractivity contribution in [1.82, 2.24) is 5.32 Å². The number of benzene rings is 1. The van der Waals surface area contributed by atoms with Gasteiger partial charge in [0.25, 0.3) is 0 Å². The molecule has 1 unspecified atom stereocenters. The van der Waals surface area contributed by atoms with E-state index in [9.17, 15) is 19.8 Å². The Bertz CT molecular complexity index is 513. The summed E-state index contributed by atoms with van der Waals surface area (Å²) in [6.07, 6.45) is 5.39. The predicted molar refractivity (Wildman–Crippen MR) is 73.2 cm³/mol. The average molecular weight is 275 g/mol. The van der Waals surface area contributed by atoms with Crippen LogP contribution in [0.2, 0.25) is 0 Å². The molecule has 0 saturated carbocycles. The maximum Gasteiger partial charge on any atom is 0.326 e. The zero-order valence-electron chi connectivity index (χ0n) is 11.0. The van der Waals surface area contributed by atoms with Gasteiger partial charge in [-0.05, 0) is 30.5 Å². The van der Waals surface area contributed by atoms with Crippen molar-refractivity contribution < 1.29 is 19.8 Å². The zero-order valence-corrected chi connectivity index (χ0v) is 11.0. The third-order valence-electron chi connectivity index (χ3n) is 3.37. The van der Waals surface area contributed by atoms with E-state index in [-0.39, 0.29) is 24.0 Å². The van der Waals surface area contributed by atoms with E-state index in [0.717, 1.165) is 5.56 Å². The summed E-state index contributed by atoms with van der Waals surface area (Å²) in [5, 5.41) is 21.0. The van der Waals surface area contributed by atoms with Gasteiger partial charge in [-0.15, -0.1) is 0 Å². The van der Waals surface area contributed by atoms with Crippen LogP contribution in [0.4, 0.5) is 0 Å². The molecule has 5 nitrogen and oxygen atoms in total. The van der Waals surface area contributed by atoms with E-state index in [1.54, 1.807) is 12.1 Å². The third-order valence-corrected chi connectivity index (χ3v) is 3.37. The number of carboxylic acids is 1. The van der Waals surface area contributed by atoms with Crippen LogP contribution >= 0.6 is 0 Å². The second-order valence-corrected chi connectivity index (χ2v) is 4.91. The lowest BCUT2D eigenvalue weighted by molar-refractivity contribution is -0.142. The molecule has 0 aliphatic heterocycles. The van der Waals surface area contributed by atoms with Crippen molar-refractivity contribution in [1.29, 1.82) is 0 Å². The highest BCUT2D eigenvalue weighted by Crippen LogP contribution is 2.18. The number of rotatable bonds is 5. The summed E-state index contributed by atoms with van der Waals surface area (Å²) in [6, 6.07) is 5.34. The molecule has 2 rings (SSSR count). The summed E-state index contributed by atoms with van der Waals surface area (Å²) in [4.78, 5) is 23.2. The van der Waals surface area contributed by atoms with Gasteiger partial charge in [-0.1, -0.05) is 24.3 Å². The molecule has 1 aliphatic carbocycles. The molecular formula is C15H17NO4. The maximum absolute atomic E-state index is 12.0. The van der Waals surface area contributed by atoms with Crippen LogP contribution in [0.3, 0.4) is 0 Å². The van der Waals surface area contributed by atoms with E-state index in [0.29, 0.717) is 12.8 Å². The fourth-order valence-corrected chi connectivity index (χ4v) is 2.19. The minimum Gasteiger partial charge on any atom is -0.508 e. The minimum atomic E-state index is -1.06. The Hall–Kier alpha value is -2.30. The van der Waals surface area contributed by atoms with Gasteiger partial charge >= 0.3 is 5.97 Å². The average Bonchev–Trinajstić information content (AvgIpc) is 2.94. The Labute approximate surface area is 116 Å². The lowest BCUT2D eigenvalue weighted by atomic mass is 10.0. The number of allylic oxidation sites excluding steroid dienone is 2. The molecule has 0 spiro atoms. The van der Waals surface area contributed by atoms with Crippen molar-refractivity contribution in [3.63, 3.8) is 0 Å². The van der Waals surface area contributed by atoms with Crippen LogP contribution in [0.15, 0.2) is 36.4 Å². The van der Waals surface area contributed by atoms with E-state index in [1.807, 2.05) is 12.2 Å². The van der Waals surface area contributed by atoms with E-state index < -0.39 is 12.0 Å². The molecule has 0 aromatic heterocycles. The summed E-state index contributed by atoms with van der Waals surface area (Å²) in [5.74, 6) is -1.31. The fourth-order valence-electron chi connectivity index (χ4n) is 2.19. The molecule has 1 aromatic carbocycles. The van der Waals surface area contributed by atoms with Gasteiger partial charge in [0.15, 0.2) is 0 Å². The first kappa shape index (κ1) is 14.1. The molecule has 0 bridgehead atoms. The SMILES string of the molecule is O=C(NC(Cc1ccc(O)cc1)C(=O)O)C1CC=CC1. The first-order valence-corrected chi connectivity index (χ1v) is 6.52. The van der Waals surface area contributed by atoms with Crippen LogP contribution in [0.1, 0.15) is 18.4 Å². The quantitative estimate of drug-likeness (QED) is 0.710. The van der Waals surface area contributed by atoms with E-state index in [1.165, 1.54) is 12.1 Å². The Balaban J connectivity index is 1.98. The number of carbonyl (C=O) groups is 2. The smallest absolute Gasteiger partial charge is 0.326 e. The predicted octanol–water partition coefficient (Wildman–Crippen LogP) is 1.47. The maximum atomic E-state index is 12.0. The number of amides is 1. The molecule has 1 atom stereocenters. The number of carboxylic acid groups (broad SMARTS) is 1. The highest BCUT2D eigenvalue weighted by Gasteiger charge is 2.25. The van der Waals surface area contributed by atoms with Crippen LogP contribution in [0.25, 0.3) is 0 Å². The van der Waals surface area contributed by atoms with Gasteiger partial charge in [-0.3, -0.25) is 4.79 Å². The first-order chi connectivity index (χ1) is 9.56. The molecule has 0 fully saturated rings. The molecule has 1 amide bonds. The molecule has 1 aromatic rings. The number of hydrogen-bond acceptors (Lipinski definition) is 3. The molecule has 106 valence electrons. The normalized spacial score (nSPS) is 16.0. The van der Waals surface area contributed by atoms with Crippen molar-refractivity contribution in [2.75, 3.05) is 0 Å². The highest BCUT2D eigenvalue weighted by molar-refractivity contribution is 5.85. The summed E-state index contributed by atoms with van der Waals surface area (Å²) < 4.78 is 0. The fraction of sp³-hybridized carbons (Fsp3) is 0.333. The van der Waals surface area contributed by atoms with Gasteiger partial charge in [-0.25, -0.2) is 4.79 Å². The highest BCUT2D eigenvalue weighted by atomic mass is 16.4. The number of phenolic OH excluding ortho intramolecular Hbond substituents is 1. The van der Waals surface area contributed by atoms with Gasteiger partial charge in [0, 0.05) is 12.3 Å². The van der Waals surface area contributed by atoms with Crippen LogP contribution in [0, 0.1) is 5.92 Å². The molecule has 3 N–H and O–H groups in total. The number of nitrogens with one attached hydrogen (secondary N) is 1. The van der Waals surface area contributed by atoms with Crippen LogP contribution in [0.5, 0.6) is 5.75 Å². The Morgan fingerprint density at radius 1 is 1.20 bits per heavy atom. The lowest BCUT2D eigenvalue weighted by Crippen LogP contribution is -2.44. The molecule has 0 radical (unpaired) electrons. The standard InChI is InChI=1S/C15H17NO4/c17-12-7-5-10(6-8-12)9-13(15(19)20)16-14(18)11-3-1-2-4-11/h1-2,5-8,11,13,17H,3-4,9H2,(H,16,18)(H,19,20). The van der Waals surface area contributed by atoms with Gasteiger partial charge in [0.2, 0.25) is 5.91 Å². The van der Waals surface area contributed by atoms with Crippen molar-refractivity contribution in [2.24, 2.45) is 5.92 Å². The molecule has 0 heterocycles. The van der Waals surface area contributed by atoms with Crippen molar-refractivity contribution >= 4 is 11.9 Å². The number of carbonyl (C=O) groups excluding carboxylic acids is 1. The minimum absolute atomic E-state index is 0.127. The molecule has 20 heavy (non-hydrogen) atoms. The number of aromatic hydroxyl groups is 1. The summed E-state index contributed by atoms with van der Waals surface area (Å²) >= 11 is 0. The number of phenols is 1. The molecule has 5 heteroatoms. The summed E-state index contributed by atoms with van der Waals surface area (Å²) in [5.41, 5.74) is 0.750.